The van der Waals surface area contributed by atoms with Crippen LogP contribution in [-0.4, -0.2) is 31.7 Å². The molecule has 0 bridgehead atoms. The first-order valence-corrected chi connectivity index (χ1v) is 10.2. The number of hydrogen-bond acceptors (Lipinski definition) is 4. The van der Waals surface area contributed by atoms with Crippen LogP contribution in [0.1, 0.15) is 40.9 Å². The molecule has 7 heteroatoms. The fraction of sp³-hybridized carbons (Fsp3) is 0.300. The Morgan fingerprint density at radius 3 is 2.30 bits per heavy atom. The number of amides is 1. The Kier molecular flexibility index (Phi) is 6.72. The highest BCUT2D eigenvalue weighted by Gasteiger charge is 2.24. The first-order chi connectivity index (χ1) is 12.8. The molecule has 1 amide bonds. The summed E-state index contributed by atoms with van der Waals surface area (Å²) >= 11 is 0. The predicted octanol–water partition coefficient (Wildman–Crippen LogP) is 2.83. The normalized spacial score (nSPS) is 11.2. The Labute approximate surface area is 160 Å². The molecule has 0 aliphatic rings. The number of benzene rings is 2. The monoisotopic (exact) mass is 385 g/mol. The van der Waals surface area contributed by atoms with Crippen molar-refractivity contribution in [3.63, 3.8) is 0 Å². The van der Waals surface area contributed by atoms with Gasteiger partial charge in [0.05, 0.1) is 16.5 Å². The zero-order chi connectivity index (χ0) is 20.0. The minimum absolute atomic E-state index is 0.150. The molecule has 0 aliphatic carbocycles. The van der Waals surface area contributed by atoms with E-state index in [-0.39, 0.29) is 17.3 Å². The van der Waals surface area contributed by atoms with Crippen LogP contribution in [0.25, 0.3) is 0 Å². The van der Waals surface area contributed by atoms with Crippen LogP contribution >= 0.6 is 0 Å². The minimum Gasteiger partial charge on any atom is -0.348 e. The van der Waals surface area contributed by atoms with E-state index in [0.717, 1.165) is 5.56 Å². The Morgan fingerprint density at radius 1 is 1.11 bits per heavy atom. The molecular weight excluding hydrogens is 362 g/mol. The molecule has 27 heavy (non-hydrogen) atoms. The second-order valence-corrected chi connectivity index (χ2v) is 7.97. The summed E-state index contributed by atoms with van der Waals surface area (Å²) in [7, 11) is -3.64. The third kappa shape index (κ3) is 4.73. The van der Waals surface area contributed by atoms with Crippen LogP contribution in [0.2, 0.25) is 0 Å². The SMILES string of the molecule is CCN(CC)S(=O)(=O)c1cc(C(=O)NCc2ccc(C#N)cc2)ccc1C. The number of sulfonamides is 1. The van der Waals surface area contributed by atoms with Gasteiger partial charge in [0.1, 0.15) is 0 Å². The lowest BCUT2D eigenvalue weighted by atomic mass is 10.1. The van der Waals surface area contributed by atoms with E-state index in [4.69, 9.17) is 5.26 Å². The maximum atomic E-state index is 12.8. The van der Waals surface area contributed by atoms with Crippen LogP contribution in [0.15, 0.2) is 47.4 Å². The van der Waals surface area contributed by atoms with Crippen LogP contribution in [0.5, 0.6) is 0 Å². The smallest absolute Gasteiger partial charge is 0.251 e. The number of nitrogens with zero attached hydrogens (tertiary/aromatic N) is 2. The highest BCUT2D eigenvalue weighted by molar-refractivity contribution is 7.89. The van der Waals surface area contributed by atoms with Gasteiger partial charge in [-0.1, -0.05) is 32.0 Å². The highest BCUT2D eigenvalue weighted by atomic mass is 32.2. The number of nitriles is 1. The molecule has 6 nitrogen and oxygen atoms in total. The maximum absolute atomic E-state index is 12.8. The molecule has 0 atom stereocenters. The molecule has 0 saturated carbocycles. The lowest BCUT2D eigenvalue weighted by Gasteiger charge is -2.20. The van der Waals surface area contributed by atoms with Gasteiger partial charge in [-0.3, -0.25) is 4.79 Å². The Balaban J connectivity index is 2.21. The van der Waals surface area contributed by atoms with E-state index in [1.54, 1.807) is 57.2 Å². The quantitative estimate of drug-likeness (QED) is 0.793. The number of aryl methyl sites for hydroxylation is 1. The molecule has 0 heterocycles. The van der Waals surface area contributed by atoms with Crippen molar-refractivity contribution in [1.82, 2.24) is 9.62 Å². The summed E-state index contributed by atoms with van der Waals surface area (Å²) in [6.07, 6.45) is 0. The molecule has 0 aromatic heterocycles. The predicted molar refractivity (Wildman–Crippen MR) is 104 cm³/mol. The fourth-order valence-electron chi connectivity index (χ4n) is 2.70. The molecule has 0 radical (unpaired) electrons. The van der Waals surface area contributed by atoms with Crippen LogP contribution in [0, 0.1) is 18.3 Å². The van der Waals surface area contributed by atoms with Gasteiger partial charge in [0.2, 0.25) is 10.0 Å². The van der Waals surface area contributed by atoms with Crippen molar-refractivity contribution < 1.29 is 13.2 Å². The average molecular weight is 385 g/mol. The van der Waals surface area contributed by atoms with E-state index in [9.17, 15) is 13.2 Å². The van der Waals surface area contributed by atoms with Crippen LogP contribution < -0.4 is 5.32 Å². The Bertz CT molecular complexity index is 957. The maximum Gasteiger partial charge on any atom is 0.251 e. The van der Waals surface area contributed by atoms with E-state index >= 15 is 0 Å². The van der Waals surface area contributed by atoms with Crippen LogP contribution in [0.4, 0.5) is 0 Å². The minimum atomic E-state index is -3.64. The first kappa shape index (κ1) is 20.6. The van der Waals surface area contributed by atoms with Gasteiger partial charge in [-0.25, -0.2) is 8.42 Å². The van der Waals surface area contributed by atoms with Crippen LogP contribution in [-0.2, 0) is 16.6 Å². The summed E-state index contributed by atoms with van der Waals surface area (Å²) in [5, 5.41) is 11.6. The van der Waals surface area contributed by atoms with Gasteiger partial charge in [-0.2, -0.15) is 9.57 Å². The van der Waals surface area contributed by atoms with Gasteiger partial charge >= 0.3 is 0 Å². The van der Waals surface area contributed by atoms with Gasteiger partial charge < -0.3 is 5.32 Å². The van der Waals surface area contributed by atoms with E-state index in [1.165, 1.54) is 10.4 Å². The average Bonchev–Trinajstić information content (AvgIpc) is 2.67. The molecule has 0 fully saturated rings. The summed E-state index contributed by atoms with van der Waals surface area (Å²) in [4.78, 5) is 12.6. The molecular formula is C20H23N3O3S. The number of carbonyl (C=O) groups excluding carboxylic acids is 1. The molecule has 0 unspecified atom stereocenters. The topological polar surface area (TPSA) is 90.3 Å². The summed E-state index contributed by atoms with van der Waals surface area (Å²) in [5.74, 6) is -0.352. The van der Waals surface area contributed by atoms with Crippen molar-refractivity contribution in [2.75, 3.05) is 13.1 Å². The molecule has 0 aliphatic heterocycles. The van der Waals surface area contributed by atoms with E-state index in [2.05, 4.69) is 5.32 Å². The highest BCUT2D eigenvalue weighted by Crippen LogP contribution is 2.21. The second-order valence-electron chi connectivity index (χ2n) is 6.06. The van der Waals surface area contributed by atoms with Gasteiger partial charge in [-0.15, -0.1) is 0 Å². The molecule has 142 valence electrons. The zero-order valence-corrected chi connectivity index (χ0v) is 16.5. The largest absolute Gasteiger partial charge is 0.348 e. The molecule has 2 rings (SSSR count). The van der Waals surface area contributed by atoms with Crippen molar-refractivity contribution in [3.8, 4) is 6.07 Å². The summed E-state index contributed by atoms with van der Waals surface area (Å²) in [6.45, 7) is 6.31. The summed E-state index contributed by atoms with van der Waals surface area (Å²) in [6, 6.07) is 13.6. The third-order valence-corrected chi connectivity index (χ3v) is 6.50. The van der Waals surface area contributed by atoms with Gasteiger partial charge in [0, 0.05) is 25.2 Å². The lowest BCUT2D eigenvalue weighted by Crippen LogP contribution is -2.31. The fourth-order valence-corrected chi connectivity index (χ4v) is 4.41. The standard InChI is InChI=1S/C20H23N3O3S/c1-4-23(5-2)27(25,26)19-12-18(11-6-15(19)3)20(24)22-14-17-9-7-16(13-21)8-10-17/h6-12H,4-5,14H2,1-3H3,(H,22,24). The Hall–Kier alpha value is -2.69. The third-order valence-electron chi connectivity index (χ3n) is 4.31. The van der Waals surface area contributed by atoms with E-state index in [1.807, 2.05) is 6.07 Å². The van der Waals surface area contributed by atoms with Gasteiger partial charge in [-0.05, 0) is 42.3 Å². The lowest BCUT2D eigenvalue weighted by molar-refractivity contribution is 0.0950. The van der Waals surface area contributed by atoms with Crippen molar-refractivity contribution >= 4 is 15.9 Å². The van der Waals surface area contributed by atoms with Gasteiger partial charge in [0.15, 0.2) is 0 Å². The van der Waals surface area contributed by atoms with Crippen molar-refractivity contribution in [1.29, 1.82) is 5.26 Å². The number of rotatable bonds is 7. The van der Waals surface area contributed by atoms with E-state index < -0.39 is 10.0 Å². The Morgan fingerprint density at radius 2 is 1.74 bits per heavy atom. The first-order valence-electron chi connectivity index (χ1n) is 8.71. The van der Waals surface area contributed by atoms with Crippen molar-refractivity contribution in [2.45, 2.75) is 32.2 Å². The van der Waals surface area contributed by atoms with Crippen molar-refractivity contribution in [3.05, 3.63) is 64.7 Å². The second kappa shape index (κ2) is 8.80. The summed E-state index contributed by atoms with van der Waals surface area (Å²) < 4.78 is 27.0. The van der Waals surface area contributed by atoms with Crippen LogP contribution in [0.3, 0.4) is 0 Å². The summed E-state index contributed by atoms with van der Waals surface area (Å²) in [5.41, 5.74) is 2.30. The van der Waals surface area contributed by atoms with E-state index in [0.29, 0.717) is 29.8 Å². The molecule has 2 aromatic rings. The number of carbonyl (C=O) groups is 1. The molecule has 2 aromatic carbocycles. The molecule has 0 spiro atoms. The van der Waals surface area contributed by atoms with Gasteiger partial charge in [0.25, 0.3) is 5.91 Å². The van der Waals surface area contributed by atoms with Crippen molar-refractivity contribution in [2.24, 2.45) is 0 Å². The number of nitrogens with one attached hydrogen (secondary N) is 1. The zero-order valence-electron chi connectivity index (χ0n) is 15.7. The molecule has 1 N–H and O–H groups in total. The molecule has 0 saturated heterocycles. The number of hydrogen-bond donors (Lipinski definition) is 1.